The van der Waals surface area contributed by atoms with Crippen LogP contribution in [-0.4, -0.2) is 36.2 Å². The van der Waals surface area contributed by atoms with Gasteiger partial charge in [0.15, 0.2) is 0 Å². The number of hydrogen-bond donors (Lipinski definition) is 2. The fourth-order valence-corrected chi connectivity index (χ4v) is 3.72. The molecule has 3 rings (SSSR count). The van der Waals surface area contributed by atoms with E-state index in [1.807, 2.05) is 6.07 Å². The van der Waals surface area contributed by atoms with E-state index in [2.05, 4.69) is 17.4 Å². The molecule has 2 atom stereocenters. The standard InChI is InChI=1S/C19H25NO4/c21-17(20-18(19(22)23)16-6-3-9-24-12-16)11-13-7-8-14-4-1-2-5-15(14)10-13/h7-8,10,16,18H,1-6,9,11-12H2,(H,20,21)(H,22,23). The summed E-state index contributed by atoms with van der Waals surface area (Å²) >= 11 is 0. The smallest absolute Gasteiger partial charge is 0.326 e. The van der Waals surface area contributed by atoms with Crippen molar-refractivity contribution in [1.29, 1.82) is 0 Å². The van der Waals surface area contributed by atoms with Crippen LogP contribution < -0.4 is 5.32 Å². The highest BCUT2D eigenvalue weighted by Gasteiger charge is 2.31. The quantitative estimate of drug-likeness (QED) is 0.866. The second-order valence-corrected chi connectivity index (χ2v) is 6.85. The van der Waals surface area contributed by atoms with Gasteiger partial charge in [0.1, 0.15) is 6.04 Å². The number of aryl methyl sites for hydroxylation is 2. The third-order valence-corrected chi connectivity index (χ3v) is 5.03. The van der Waals surface area contributed by atoms with Crippen LogP contribution in [0.1, 0.15) is 42.4 Å². The van der Waals surface area contributed by atoms with E-state index in [4.69, 9.17) is 4.74 Å². The topological polar surface area (TPSA) is 75.6 Å². The molecule has 0 bridgehead atoms. The van der Waals surface area contributed by atoms with E-state index in [-0.39, 0.29) is 18.2 Å². The number of hydrogen-bond acceptors (Lipinski definition) is 3. The molecule has 2 aliphatic rings. The van der Waals surface area contributed by atoms with Gasteiger partial charge in [-0.1, -0.05) is 18.2 Å². The van der Waals surface area contributed by atoms with Crippen LogP contribution in [0.2, 0.25) is 0 Å². The van der Waals surface area contributed by atoms with E-state index in [1.54, 1.807) is 0 Å². The molecular formula is C19H25NO4. The van der Waals surface area contributed by atoms with Crippen molar-refractivity contribution in [2.75, 3.05) is 13.2 Å². The second kappa shape index (κ2) is 7.79. The Balaban J connectivity index is 1.62. The monoisotopic (exact) mass is 331 g/mol. The highest BCUT2D eigenvalue weighted by molar-refractivity contribution is 5.85. The molecule has 5 heteroatoms. The van der Waals surface area contributed by atoms with Gasteiger partial charge >= 0.3 is 5.97 Å². The first-order valence-electron chi connectivity index (χ1n) is 8.84. The third-order valence-electron chi connectivity index (χ3n) is 5.03. The molecule has 1 aliphatic heterocycles. The first-order chi connectivity index (χ1) is 11.6. The lowest BCUT2D eigenvalue weighted by molar-refractivity contribution is -0.145. The van der Waals surface area contributed by atoms with E-state index in [9.17, 15) is 14.7 Å². The van der Waals surface area contributed by atoms with Gasteiger partial charge in [0.25, 0.3) is 0 Å². The molecule has 1 aliphatic carbocycles. The summed E-state index contributed by atoms with van der Waals surface area (Å²) in [4.78, 5) is 23.8. The van der Waals surface area contributed by atoms with Gasteiger partial charge in [-0.15, -0.1) is 0 Å². The number of carbonyl (C=O) groups excluding carboxylic acids is 1. The lowest BCUT2D eigenvalue weighted by Crippen LogP contribution is -2.48. The summed E-state index contributed by atoms with van der Waals surface area (Å²) in [6.07, 6.45) is 6.46. The third kappa shape index (κ3) is 4.15. The minimum absolute atomic E-state index is 0.149. The number of carboxylic acid groups (broad SMARTS) is 1. The van der Waals surface area contributed by atoms with Gasteiger partial charge in [-0.05, 0) is 55.2 Å². The number of fused-ring (bicyclic) bond motifs is 1. The molecule has 2 unspecified atom stereocenters. The van der Waals surface area contributed by atoms with E-state index in [0.717, 1.165) is 31.2 Å². The maximum Gasteiger partial charge on any atom is 0.326 e. The summed E-state index contributed by atoms with van der Waals surface area (Å²) < 4.78 is 5.36. The fraction of sp³-hybridized carbons (Fsp3) is 0.579. The van der Waals surface area contributed by atoms with Crippen LogP contribution in [0.3, 0.4) is 0 Å². The van der Waals surface area contributed by atoms with Crippen LogP contribution in [0.15, 0.2) is 18.2 Å². The lowest BCUT2D eigenvalue weighted by Gasteiger charge is -2.28. The molecule has 2 N–H and O–H groups in total. The van der Waals surface area contributed by atoms with Crippen molar-refractivity contribution >= 4 is 11.9 Å². The van der Waals surface area contributed by atoms with Gasteiger partial charge in [-0.3, -0.25) is 4.79 Å². The van der Waals surface area contributed by atoms with Crippen molar-refractivity contribution in [3.05, 3.63) is 34.9 Å². The summed E-state index contributed by atoms with van der Waals surface area (Å²) in [6, 6.07) is 5.34. The number of carbonyl (C=O) groups is 2. The first kappa shape index (κ1) is 17.0. The van der Waals surface area contributed by atoms with Crippen molar-refractivity contribution in [2.24, 2.45) is 5.92 Å². The van der Waals surface area contributed by atoms with Crippen LogP contribution in [-0.2, 0) is 33.6 Å². The molecule has 1 aromatic rings. The van der Waals surface area contributed by atoms with Gasteiger partial charge in [-0.25, -0.2) is 4.79 Å². The molecule has 0 radical (unpaired) electrons. The van der Waals surface area contributed by atoms with E-state index in [1.165, 1.54) is 24.0 Å². The van der Waals surface area contributed by atoms with Crippen LogP contribution in [0.25, 0.3) is 0 Å². The van der Waals surface area contributed by atoms with Crippen LogP contribution in [0.5, 0.6) is 0 Å². The number of ether oxygens (including phenoxy) is 1. The fourth-order valence-electron chi connectivity index (χ4n) is 3.72. The Morgan fingerprint density at radius 2 is 2.00 bits per heavy atom. The molecule has 1 heterocycles. The number of amides is 1. The zero-order valence-corrected chi connectivity index (χ0v) is 13.9. The molecule has 0 aromatic heterocycles. The van der Waals surface area contributed by atoms with Crippen LogP contribution in [0.4, 0.5) is 0 Å². The maximum absolute atomic E-state index is 12.3. The highest BCUT2D eigenvalue weighted by Crippen LogP contribution is 2.23. The summed E-state index contributed by atoms with van der Waals surface area (Å²) in [5, 5.41) is 12.1. The molecule has 1 aromatic carbocycles. The molecule has 24 heavy (non-hydrogen) atoms. The normalized spacial score (nSPS) is 21.6. The first-order valence-corrected chi connectivity index (χ1v) is 8.84. The Morgan fingerprint density at radius 3 is 2.71 bits per heavy atom. The van der Waals surface area contributed by atoms with E-state index in [0.29, 0.717) is 13.2 Å². The maximum atomic E-state index is 12.3. The minimum atomic E-state index is -0.982. The van der Waals surface area contributed by atoms with Crippen molar-refractivity contribution in [3.63, 3.8) is 0 Å². The highest BCUT2D eigenvalue weighted by atomic mass is 16.5. The molecule has 1 fully saturated rings. The van der Waals surface area contributed by atoms with E-state index < -0.39 is 12.0 Å². The number of carboxylic acids is 1. The van der Waals surface area contributed by atoms with Crippen molar-refractivity contribution < 1.29 is 19.4 Å². The number of nitrogens with one attached hydrogen (secondary N) is 1. The Kier molecular flexibility index (Phi) is 5.51. The van der Waals surface area contributed by atoms with Gasteiger partial charge in [0.2, 0.25) is 5.91 Å². The minimum Gasteiger partial charge on any atom is -0.480 e. The number of benzene rings is 1. The average molecular weight is 331 g/mol. The predicted molar refractivity (Wildman–Crippen MR) is 89.9 cm³/mol. The van der Waals surface area contributed by atoms with Crippen LogP contribution in [0, 0.1) is 5.92 Å². The average Bonchev–Trinajstić information content (AvgIpc) is 2.60. The zero-order chi connectivity index (χ0) is 16.9. The van der Waals surface area contributed by atoms with Gasteiger partial charge in [0, 0.05) is 12.5 Å². The summed E-state index contributed by atoms with van der Waals surface area (Å²) in [5.74, 6) is -1.36. The second-order valence-electron chi connectivity index (χ2n) is 6.85. The number of rotatable bonds is 5. The Labute approximate surface area is 142 Å². The Morgan fingerprint density at radius 1 is 1.21 bits per heavy atom. The van der Waals surface area contributed by atoms with Gasteiger partial charge in [0.05, 0.1) is 13.0 Å². The Hall–Kier alpha value is -1.88. The van der Waals surface area contributed by atoms with Gasteiger partial charge in [-0.2, -0.15) is 0 Å². The van der Waals surface area contributed by atoms with Crippen LogP contribution >= 0.6 is 0 Å². The van der Waals surface area contributed by atoms with Gasteiger partial charge < -0.3 is 15.2 Å². The predicted octanol–water partition coefficient (Wildman–Crippen LogP) is 2.10. The molecule has 1 saturated heterocycles. The number of aliphatic carboxylic acids is 1. The molecule has 0 saturated carbocycles. The summed E-state index contributed by atoms with van der Waals surface area (Å²) in [7, 11) is 0. The van der Waals surface area contributed by atoms with Crippen molar-refractivity contribution in [2.45, 2.75) is 51.0 Å². The molecule has 130 valence electrons. The Bertz CT molecular complexity index is 607. The molecule has 1 amide bonds. The van der Waals surface area contributed by atoms with Crippen molar-refractivity contribution in [3.8, 4) is 0 Å². The summed E-state index contributed by atoms with van der Waals surface area (Å²) in [6.45, 7) is 1.07. The SMILES string of the molecule is O=C(Cc1ccc2c(c1)CCCC2)NC(C(=O)O)C1CCCOC1. The largest absolute Gasteiger partial charge is 0.480 e. The molecule has 0 spiro atoms. The van der Waals surface area contributed by atoms with E-state index >= 15 is 0 Å². The molecular weight excluding hydrogens is 306 g/mol. The van der Waals surface area contributed by atoms with Crippen molar-refractivity contribution in [1.82, 2.24) is 5.32 Å². The molecule has 5 nitrogen and oxygen atoms in total. The zero-order valence-electron chi connectivity index (χ0n) is 13.9. The lowest BCUT2D eigenvalue weighted by atomic mass is 9.90. The summed E-state index contributed by atoms with van der Waals surface area (Å²) in [5.41, 5.74) is 3.67.